The smallest absolute Gasteiger partial charge is 0.326 e. The van der Waals surface area contributed by atoms with Gasteiger partial charge in [-0.15, -0.1) is 11.3 Å². The third-order valence-electron chi connectivity index (χ3n) is 3.16. The summed E-state index contributed by atoms with van der Waals surface area (Å²) in [5.41, 5.74) is 2.28. The first-order chi connectivity index (χ1) is 10.4. The highest BCUT2D eigenvalue weighted by molar-refractivity contribution is 7.94. The van der Waals surface area contributed by atoms with Crippen LogP contribution >= 0.6 is 11.3 Å². The van der Waals surface area contributed by atoms with E-state index in [4.69, 9.17) is 0 Å². The zero-order valence-corrected chi connectivity index (χ0v) is 14.2. The summed E-state index contributed by atoms with van der Waals surface area (Å²) in [6.45, 7) is 3.38. The molecule has 0 unspecified atom stereocenters. The Bertz CT molecular complexity index is 767. The summed E-state index contributed by atoms with van der Waals surface area (Å²) in [4.78, 5) is 11.7. The number of aryl methyl sites for hydroxylation is 2. The predicted octanol–water partition coefficient (Wildman–Crippen LogP) is 2.73. The number of hydrogen-bond acceptors (Lipinski definition) is 5. The summed E-state index contributed by atoms with van der Waals surface area (Å²) < 4.78 is 31.5. The first-order valence-corrected chi connectivity index (χ1v) is 8.88. The first-order valence-electron chi connectivity index (χ1n) is 6.56. The van der Waals surface area contributed by atoms with Gasteiger partial charge in [-0.05, 0) is 36.9 Å². The number of methoxy groups -OCH3 is 1. The molecule has 2 aromatic rings. The summed E-state index contributed by atoms with van der Waals surface area (Å²) in [5.74, 6) is -0.611. The number of thiophene rings is 1. The second kappa shape index (κ2) is 6.50. The van der Waals surface area contributed by atoms with Crippen LogP contribution in [-0.2, 0) is 19.6 Å². The second-order valence-electron chi connectivity index (χ2n) is 4.81. The van der Waals surface area contributed by atoms with Crippen LogP contribution in [0.15, 0.2) is 39.9 Å². The number of hydrogen-bond donors (Lipinski definition) is 0. The maximum Gasteiger partial charge on any atom is 0.326 e. The van der Waals surface area contributed by atoms with Crippen LogP contribution in [-0.4, -0.2) is 28.0 Å². The molecule has 0 aliphatic rings. The van der Waals surface area contributed by atoms with Gasteiger partial charge in [0.25, 0.3) is 10.0 Å². The monoisotopic (exact) mass is 339 g/mol. The van der Waals surface area contributed by atoms with Gasteiger partial charge in [0.15, 0.2) is 0 Å². The van der Waals surface area contributed by atoms with Crippen molar-refractivity contribution in [3.8, 4) is 0 Å². The number of nitrogens with zero attached hydrogens (tertiary/aromatic N) is 1. The third-order valence-corrected chi connectivity index (χ3v) is 6.29. The lowest BCUT2D eigenvalue weighted by Gasteiger charge is -2.24. The topological polar surface area (TPSA) is 63.7 Å². The van der Waals surface area contributed by atoms with Gasteiger partial charge in [0, 0.05) is 0 Å². The molecule has 0 N–H and O–H groups in total. The van der Waals surface area contributed by atoms with E-state index in [1.165, 1.54) is 13.2 Å². The zero-order chi connectivity index (χ0) is 16.3. The Kier molecular flexibility index (Phi) is 4.87. The van der Waals surface area contributed by atoms with Gasteiger partial charge < -0.3 is 4.74 Å². The average molecular weight is 339 g/mol. The SMILES string of the molecule is COC(=O)CN(c1ccc(C)cc1C)S(=O)(=O)c1cccs1. The molecule has 0 spiro atoms. The quantitative estimate of drug-likeness (QED) is 0.786. The standard InChI is InChI=1S/C15H17NO4S2/c1-11-6-7-13(12(2)9-11)16(10-14(17)20-3)22(18,19)15-5-4-8-21-15/h4-9H,10H2,1-3H3. The number of carbonyl (C=O) groups is 1. The molecular formula is C15H17NO4S2. The molecule has 0 saturated carbocycles. The zero-order valence-electron chi connectivity index (χ0n) is 12.6. The molecule has 0 aliphatic heterocycles. The molecule has 0 amide bonds. The van der Waals surface area contributed by atoms with Gasteiger partial charge in [0.2, 0.25) is 0 Å². The van der Waals surface area contributed by atoms with Crippen LogP contribution in [0.5, 0.6) is 0 Å². The number of anilines is 1. The molecule has 0 bridgehead atoms. The second-order valence-corrected chi connectivity index (χ2v) is 7.85. The fourth-order valence-electron chi connectivity index (χ4n) is 2.09. The van der Waals surface area contributed by atoms with E-state index in [-0.39, 0.29) is 10.8 Å². The van der Waals surface area contributed by atoms with Crippen molar-refractivity contribution in [1.82, 2.24) is 0 Å². The first kappa shape index (κ1) is 16.5. The summed E-state index contributed by atoms with van der Waals surface area (Å²) in [6, 6.07) is 8.59. The van der Waals surface area contributed by atoms with Crippen LogP contribution in [0.4, 0.5) is 5.69 Å². The minimum Gasteiger partial charge on any atom is -0.468 e. The van der Waals surface area contributed by atoms with E-state index in [1.54, 1.807) is 17.5 Å². The largest absolute Gasteiger partial charge is 0.468 e. The summed E-state index contributed by atoms with van der Waals surface area (Å²) in [7, 11) is -2.56. The molecule has 0 saturated heterocycles. The van der Waals surface area contributed by atoms with E-state index in [9.17, 15) is 13.2 Å². The molecule has 118 valence electrons. The van der Waals surface area contributed by atoms with Gasteiger partial charge in [-0.3, -0.25) is 9.10 Å². The highest BCUT2D eigenvalue weighted by Gasteiger charge is 2.29. The number of esters is 1. The third kappa shape index (κ3) is 3.31. The Labute approximate surface area is 134 Å². The molecule has 0 aliphatic carbocycles. The van der Waals surface area contributed by atoms with E-state index >= 15 is 0 Å². The summed E-state index contributed by atoms with van der Waals surface area (Å²) >= 11 is 1.11. The van der Waals surface area contributed by atoms with Crippen LogP contribution in [0.1, 0.15) is 11.1 Å². The lowest BCUT2D eigenvalue weighted by Crippen LogP contribution is -2.36. The number of ether oxygens (including phenoxy) is 1. The highest BCUT2D eigenvalue weighted by Crippen LogP contribution is 2.29. The van der Waals surface area contributed by atoms with Crippen molar-refractivity contribution >= 4 is 33.0 Å². The minimum atomic E-state index is -3.80. The molecule has 7 heteroatoms. The molecule has 1 aromatic heterocycles. The minimum absolute atomic E-state index is 0.191. The van der Waals surface area contributed by atoms with Gasteiger partial charge in [0.1, 0.15) is 10.8 Å². The molecule has 1 heterocycles. The highest BCUT2D eigenvalue weighted by atomic mass is 32.2. The Morgan fingerprint density at radius 3 is 2.55 bits per heavy atom. The Hall–Kier alpha value is -1.86. The van der Waals surface area contributed by atoms with Crippen LogP contribution in [0.25, 0.3) is 0 Å². The lowest BCUT2D eigenvalue weighted by molar-refractivity contribution is -0.138. The van der Waals surface area contributed by atoms with Gasteiger partial charge in [0.05, 0.1) is 12.8 Å². The van der Waals surface area contributed by atoms with Crippen molar-refractivity contribution < 1.29 is 17.9 Å². The maximum atomic E-state index is 12.8. The number of sulfonamides is 1. The van der Waals surface area contributed by atoms with Crippen molar-refractivity contribution in [3.63, 3.8) is 0 Å². The van der Waals surface area contributed by atoms with Crippen LogP contribution in [0.2, 0.25) is 0 Å². The van der Waals surface area contributed by atoms with Crippen LogP contribution in [0, 0.1) is 13.8 Å². The fraction of sp³-hybridized carbons (Fsp3) is 0.267. The van der Waals surface area contributed by atoms with Gasteiger partial charge in [-0.1, -0.05) is 23.8 Å². The summed E-state index contributed by atoms with van der Waals surface area (Å²) in [5, 5.41) is 1.69. The maximum absolute atomic E-state index is 12.8. The predicted molar refractivity (Wildman–Crippen MR) is 86.8 cm³/mol. The van der Waals surface area contributed by atoms with Gasteiger partial charge >= 0.3 is 5.97 Å². The van der Waals surface area contributed by atoms with Crippen molar-refractivity contribution in [2.75, 3.05) is 18.0 Å². The van der Waals surface area contributed by atoms with E-state index in [2.05, 4.69) is 4.74 Å². The van der Waals surface area contributed by atoms with Crippen molar-refractivity contribution in [1.29, 1.82) is 0 Å². The molecule has 1 aromatic carbocycles. The van der Waals surface area contributed by atoms with Crippen molar-refractivity contribution in [2.24, 2.45) is 0 Å². The lowest BCUT2D eigenvalue weighted by atomic mass is 10.1. The van der Waals surface area contributed by atoms with Crippen molar-refractivity contribution in [3.05, 3.63) is 46.8 Å². The average Bonchev–Trinajstić information content (AvgIpc) is 3.00. The Balaban J connectivity index is 2.54. The Morgan fingerprint density at radius 1 is 1.27 bits per heavy atom. The van der Waals surface area contributed by atoms with Crippen LogP contribution < -0.4 is 4.31 Å². The van der Waals surface area contributed by atoms with E-state index in [1.807, 2.05) is 26.0 Å². The molecule has 22 heavy (non-hydrogen) atoms. The molecule has 5 nitrogen and oxygen atoms in total. The number of benzene rings is 1. The van der Waals surface area contributed by atoms with Gasteiger partial charge in [-0.2, -0.15) is 0 Å². The number of carbonyl (C=O) groups excluding carboxylic acids is 1. The van der Waals surface area contributed by atoms with Gasteiger partial charge in [-0.25, -0.2) is 8.42 Å². The van der Waals surface area contributed by atoms with E-state index < -0.39 is 16.0 Å². The Morgan fingerprint density at radius 2 is 2.00 bits per heavy atom. The molecule has 0 radical (unpaired) electrons. The van der Waals surface area contributed by atoms with E-state index in [0.29, 0.717) is 5.69 Å². The number of rotatable bonds is 5. The molecule has 2 rings (SSSR count). The summed E-state index contributed by atoms with van der Waals surface area (Å²) in [6.07, 6.45) is 0. The van der Waals surface area contributed by atoms with Crippen molar-refractivity contribution in [2.45, 2.75) is 18.1 Å². The fourth-order valence-corrected chi connectivity index (χ4v) is 4.66. The van der Waals surface area contributed by atoms with Crippen LogP contribution in [0.3, 0.4) is 0 Å². The van der Waals surface area contributed by atoms with E-state index in [0.717, 1.165) is 26.8 Å². The normalized spacial score (nSPS) is 11.2. The molecule has 0 atom stereocenters. The molecule has 0 fully saturated rings. The molecular weight excluding hydrogens is 322 g/mol.